The van der Waals surface area contributed by atoms with E-state index in [4.69, 9.17) is 17.3 Å². The summed E-state index contributed by atoms with van der Waals surface area (Å²) in [6.07, 6.45) is 0.805. The molecule has 0 bridgehead atoms. The first-order valence-corrected chi connectivity index (χ1v) is 7.69. The Morgan fingerprint density at radius 3 is 2.63 bits per heavy atom. The van der Waals surface area contributed by atoms with Crippen LogP contribution in [0, 0.1) is 0 Å². The van der Waals surface area contributed by atoms with E-state index in [1.165, 1.54) is 6.07 Å². The van der Waals surface area contributed by atoms with Gasteiger partial charge < -0.3 is 11.1 Å². The van der Waals surface area contributed by atoms with E-state index in [0.717, 1.165) is 6.42 Å². The molecule has 1 rings (SSSR count). The number of hydrogen-bond acceptors (Lipinski definition) is 3. The Balaban J connectivity index is 2.69. The second kappa shape index (κ2) is 6.39. The van der Waals surface area contributed by atoms with E-state index < -0.39 is 10.8 Å². The van der Waals surface area contributed by atoms with Crippen molar-refractivity contribution in [3.05, 3.63) is 23.2 Å². The summed E-state index contributed by atoms with van der Waals surface area (Å²) >= 11 is 5.86. The average molecular weight is 303 g/mol. The zero-order chi connectivity index (χ0) is 14.6. The minimum atomic E-state index is -1.42. The zero-order valence-corrected chi connectivity index (χ0v) is 12.9. The third-order valence-corrected chi connectivity index (χ3v) is 4.49. The molecule has 3 N–H and O–H groups in total. The van der Waals surface area contributed by atoms with Crippen molar-refractivity contribution in [3.63, 3.8) is 0 Å². The molecule has 0 aromatic heterocycles. The number of nitrogens with one attached hydrogen (secondary N) is 1. The van der Waals surface area contributed by atoms with Crippen LogP contribution >= 0.6 is 11.6 Å². The highest BCUT2D eigenvalue weighted by atomic mass is 35.5. The van der Waals surface area contributed by atoms with Gasteiger partial charge in [-0.05, 0) is 38.5 Å². The summed E-state index contributed by atoms with van der Waals surface area (Å²) in [6, 6.07) is 4.74. The summed E-state index contributed by atoms with van der Waals surface area (Å²) in [5.41, 5.74) is 5.72. The monoisotopic (exact) mass is 302 g/mol. The summed E-state index contributed by atoms with van der Waals surface area (Å²) < 4.78 is 12.0. The van der Waals surface area contributed by atoms with Crippen LogP contribution in [-0.4, -0.2) is 21.4 Å². The third kappa shape index (κ3) is 4.84. The smallest absolute Gasteiger partial charge is 0.233 e. The Kier molecular flexibility index (Phi) is 5.38. The number of nitrogen functional groups attached to an aromatic ring is 1. The molecule has 1 aromatic carbocycles. The van der Waals surface area contributed by atoms with Crippen LogP contribution in [0.25, 0.3) is 0 Å². The Hall–Kier alpha value is -1.07. The van der Waals surface area contributed by atoms with Crippen molar-refractivity contribution in [2.75, 3.05) is 11.5 Å². The van der Waals surface area contributed by atoms with Crippen LogP contribution in [0.15, 0.2) is 23.1 Å². The molecule has 0 spiro atoms. The molecular weight excluding hydrogens is 284 g/mol. The van der Waals surface area contributed by atoms with Gasteiger partial charge in [-0.1, -0.05) is 18.5 Å². The predicted octanol–water partition coefficient (Wildman–Crippen LogP) is 2.33. The highest BCUT2D eigenvalue weighted by Crippen LogP contribution is 2.21. The molecule has 0 heterocycles. The maximum Gasteiger partial charge on any atom is 0.233 e. The van der Waals surface area contributed by atoms with Crippen LogP contribution in [0.4, 0.5) is 5.69 Å². The van der Waals surface area contributed by atoms with Crippen molar-refractivity contribution in [2.24, 2.45) is 0 Å². The minimum Gasteiger partial charge on any atom is -0.398 e. The van der Waals surface area contributed by atoms with E-state index in [2.05, 4.69) is 5.32 Å². The highest BCUT2D eigenvalue weighted by Gasteiger charge is 2.19. The van der Waals surface area contributed by atoms with Crippen LogP contribution in [0.2, 0.25) is 5.02 Å². The number of amides is 1. The van der Waals surface area contributed by atoms with Crippen LogP contribution in [0.3, 0.4) is 0 Å². The number of anilines is 1. The SMILES string of the molecule is CCC(C)(C)NC(=O)CS(=O)c1ccc(N)c(Cl)c1. The molecule has 0 aliphatic heterocycles. The second-order valence-corrected chi connectivity index (χ2v) is 6.82. The number of halogens is 1. The molecule has 0 aliphatic carbocycles. The molecular formula is C13H19ClN2O2S. The van der Waals surface area contributed by atoms with Gasteiger partial charge in [-0.3, -0.25) is 9.00 Å². The number of rotatable bonds is 5. The van der Waals surface area contributed by atoms with Gasteiger partial charge in [0.05, 0.1) is 21.5 Å². The molecule has 6 heteroatoms. The van der Waals surface area contributed by atoms with Gasteiger partial charge in [-0.2, -0.15) is 0 Å². The van der Waals surface area contributed by atoms with Gasteiger partial charge in [0, 0.05) is 10.4 Å². The highest BCUT2D eigenvalue weighted by molar-refractivity contribution is 7.85. The molecule has 19 heavy (non-hydrogen) atoms. The van der Waals surface area contributed by atoms with E-state index in [1.54, 1.807) is 12.1 Å². The molecule has 4 nitrogen and oxygen atoms in total. The molecule has 0 fully saturated rings. The summed E-state index contributed by atoms with van der Waals surface area (Å²) in [5, 5.41) is 3.19. The largest absolute Gasteiger partial charge is 0.398 e. The second-order valence-electron chi connectivity index (χ2n) is 4.96. The van der Waals surface area contributed by atoms with Gasteiger partial charge in [0.1, 0.15) is 5.75 Å². The van der Waals surface area contributed by atoms with Crippen molar-refractivity contribution < 1.29 is 9.00 Å². The number of benzene rings is 1. The lowest BCUT2D eigenvalue weighted by Crippen LogP contribution is -2.44. The van der Waals surface area contributed by atoms with E-state index in [1.807, 2.05) is 20.8 Å². The lowest BCUT2D eigenvalue weighted by atomic mass is 10.0. The quantitative estimate of drug-likeness (QED) is 0.820. The fourth-order valence-electron chi connectivity index (χ4n) is 1.35. The number of carbonyl (C=O) groups excluding carboxylic acids is 1. The summed E-state index contributed by atoms with van der Waals surface area (Å²) in [6.45, 7) is 5.83. The van der Waals surface area contributed by atoms with E-state index >= 15 is 0 Å². The first-order chi connectivity index (χ1) is 8.75. The first kappa shape index (κ1) is 16.0. The maximum atomic E-state index is 12.0. The molecule has 1 unspecified atom stereocenters. The first-order valence-electron chi connectivity index (χ1n) is 5.99. The Labute approximate surface area is 121 Å². The summed E-state index contributed by atoms with van der Waals surface area (Å²) in [5.74, 6) is -0.318. The normalized spacial score (nSPS) is 13.1. The molecule has 0 aliphatic rings. The third-order valence-electron chi connectivity index (χ3n) is 2.86. The van der Waals surface area contributed by atoms with E-state index in [9.17, 15) is 9.00 Å². The molecule has 106 valence electrons. The molecule has 0 saturated heterocycles. The Morgan fingerprint density at radius 2 is 2.11 bits per heavy atom. The summed E-state index contributed by atoms with van der Waals surface area (Å²) in [7, 11) is -1.42. The van der Waals surface area contributed by atoms with Gasteiger partial charge in [0.25, 0.3) is 0 Å². The van der Waals surface area contributed by atoms with E-state index in [-0.39, 0.29) is 17.2 Å². The Morgan fingerprint density at radius 1 is 1.47 bits per heavy atom. The predicted molar refractivity (Wildman–Crippen MR) is 79.7 cm³/mol. The lowest BCUT2D eigenvalue weighted by Gasteiger charge is -2.24. The van der Waals surface area contributed by atoms with Crippen molar-refractivity contribution in [3.8, 4) is 0 Å². The average Bonchev–Trinajstić information content (AvgIpc) is 2.31. The van der Waals surface area contributed by atoms with Gasteiger partial charge in [0.2, 0.25) is 5.91 Å². The van der Waals surface area contributed by atoms with Gasteiger partial charge in [0.15, 0.2) is 0 Å². The zero-order valence-electron chi connectivity index (χ0n) is 11.3. The number of carbonyl (C=O) groups is 1. The standard InChI is InChI=1S/C13H19ClN2O2S/c1-4-13(2,3)16-12(17)8-19(18)9-5-6-11(15)10(14)7-9/h5-7H,4,8,15H2,1-3H3,(H,16,17). The minimum absolute atomic E-state index is 0.0797. The molecule has 1 aromatic rings. The molecule has 0 radical (unpaired) electrons. The number of nitrogens with two attached hydrogens (primary N) is 1. The van der Waals surface area contributed by atoms with Crippen LogP contribution in [-0.2, 0) is 15.6 Å². The Bertz CT molecular complexity index is 503. The van der Waals surface area contributed by atoms with Crippen molar-refractivity contribution in [1.82, 2.24) is 5.32 Å². The van der Waals surface area contributed by atoms with Crippen molar-refractivity contribution in [1.29, 1.82) is 0 Å². The molecule has 1 atom stereocenters. The molecule has 0 saturated carbocycles. The lowest BCUT2D eigenvalue weighted by molar-refractivity contribution is -0.120. The summed E-state index contributed by atoms with van der Waals surface area (Å²) in [4.78, 5) is 12.3. The van der Waals surface area contributed by atoms with E-state index in [0.29, 0.717) is 15.6 Å². The van der Waals surface area contributed by atoms with Crippen LogP contribution in [0.1, 0.15) is 27.2 Å². The maximum absolute atomic E-state index is 12.0. The van der Waals surface area contributed by atoms with Crippen LogP contribution in [0.5, 0.6) is 0 Å². The van der Waals surface area contributed by atoms with Crippen molar-refractivity contribution >= 4 is 34.0 Å². The number of hydrogen-bond donors (Lipinski definition) is 2. The van der Waals surface area contributed by atoms with Gasteiger partial charge >= 0.3 is 0 Å². The topological polar surface area (TPSA) is 72.2 Å². The van der Waals surface area contributed by atoms with Crippen LogP contribution < -0.4 is 11.1 Å². The van der Waals surface area contributed by atoms with Crippen molar-refractivity contribution in [2.45, 2.75) is 37.6 Å². The molecule has 1 amide bonds. The van der Waals surface area contributed by atoms with Gasteiger partial charge in [-0.15, -0.1) is 0 Å². The fraction of sp³-hybridized carbons (Fsp3) is 0.462. The van der Waals surface area contributed by atoms with Gasteiger partial charge in [-0.25, -0.2) is 0 Å². The fourth-order valence-corrected chi connectivity index (χ4v) is 2.55.